The van der Waals surface area contributed by atoms with Crippen LogP contribution in [0.15, 0.2) is 18.2 Å². The van der Waals surface area contributed by atoms with E-state index < -0.39 is 23.4 Å². The molecule has 0 bridgehead atoms. The molecule has 4 rings (SSSR count). The number of fused-ring (bicyclic) bond motifs is 1. The topological polar surface area (TPSA) is 82.2 Å². The van der Waals surface area contributed by atoms with Gasteiger partial charge in [-0.15, -0.1) is 0 Å². The molecule has 9 heteroatoms. The number of amides is 2. The van der Waals surface area contributed by atoms with Crippen LogP contribution in [0.1, 0.15) is 49.8 Å². The van der Waals surface area contributed by atoms with Crippen LogP contribution in [-0.2, 0) is 12.8 Å². The molecule has 7 nitrogen and oxygen atoms in total. The van der Waals surface area contributed by atoms with E-state index in [0.717, 1.165) is 68.6 Å². The minimum absolute atomic E-state index is 0.0512. The number of nitrogens with zero attached hydrogens (tertiary/aromatic N) is 3. The summed E-state index contributed by atoms with van der Waals surface area (Å²) in [5.74, 6) is 0.0635. The van der Waals surface area contributed by atoms with Crippen LogP contribution >= 0.6 is 0 Å². The second-order valence-electron chi connectivity index (χ2n) is 8.79. The number of rotatable bonds is 5. The minimum atomic E-state index is -0.796. The number of anilines is 3. The quantitative estimate of drug-likeness (QED) is 0.643. The minimum Gasteiger partial charge on any atom is -0.362 e. The first-order valence-electron chi connectivity index (χ1n) is 11.3. The Hall–Kier alpha value is -2.97. The first kappa shape index (κ1) is 22.2. The number of carbonyl (C=O) groups excluding carboxylic acids is 1. The van der Waals surface area contributed by atoms with Crippen LogP contribution in [0.25, 0.3) is 0 Å². The number of benzene rings is 1. The Morgan fingerprint density at radius 3 is 2.34 bits per heavy atom. The summed E-state index contributed by atoms with van der Waals surface area (Å²) in [5.41, 5.74) is 1.98. The molecule has 3 N–H and O–H groups in total. The Morgan fingerprint density at radius 1 is 1.00 bits per heavy atom. The van der Waals surface area contributed by atoms with Gasteiger partial charge in [-0.25, -0.2) is 18.6 Å². The number of carbonyl (C=O) groups is 1. The van der Waals surface area contributed by atoms with E-state index in [-0.39, 0.29) is 12.1 Å². The van der Waals surface area contributed by atoms with Gasteiger partial charge in [-0.05, 0) is 63.5 Å². The molecular weight excluding hydrogens is 414 g/mol. The highest BCUT2D eigenvalue weighted by atomic mass is 19.1. The highest BCUT2D eigenvalue weighted by Crippen LogP contribution is 2.29. The molecule has 1 heterocycles. The van der Waals surface area contributed by atoms with E-state index in [1.165, 1.54) is 18.1 Å². The Labute approximate surface area is 187 Å². The molecule has 1 fully saturated rings. The summed E-state index contributed by atoms with van der Waals surface area (Å²) in [6.07, 6.45) is 7.56. The maximum atomic E-state index is 13.7. The predicted molar refractivity (Wildman–Crippen MR) is 121 cm³/mol. The van der Waals surface area contributed by atoms with E-state index in [0.29, 0.717) is 5.95 Å². The van der Waals surface area contributed by atoms with Gasteiger partial charge in [0.05, 0.1) is 5.69 Å². The molecule has 0 saturated heterocycles. The molecule has 1 aromatic heterocycles. The third-order valence-corrected chi connectivity index (χ3v) is 6.18. The third-order valence-electron chi connectivity index (χ3n) is 6.18. The van der Waals surface area contributed by atoms with Crippen molar-refractivity contribution in [2.45, 2.75) is 63.5 Å². The first-order chi connectivity index (χ1) is 15.4. The number of hydrogen-bond donors (Lipinski definition) is 3. The van der Waals surface area contributed by atoms with Crippen molar-refractivity contribution < 1.29 is 13.6 Å². The van der Waals surface area contributed by atoms with Gasteiger partial charge >= 0.3 is 6.03 Å². The zero-order chi connectivity index (χ0) is 22.7. The van der Waals surface area contributed by atoms with Crippen molar-refractivity contribution in [3.63, 3.8) is 0 Å². The fraction of sp³-hybridized carbons (Fsp3) is 0.522. The normalized spacial score (nSPS) is 20.2. The largest absolute Gasteiger partial charge is 0.362 e. The van der Waals surface area contributed by atoms with Crippen molar-refractivity contribution in [3.8, 4) is 0 Å². The number of aromatic nitrogens is 2. The van der Waals surface area contributed by atoms with Gasteiger partial charge in [0.25, 0.3) is 0 Å². The fourth-order valence-electron chi connectivity index (χ4n) is 4.53. The van der Waals surface area contributed by atoms with E-state index in [4.69, 9.17) is 9.97 Å². The van der Waals surface area contributed by atoms with Gasteiger partial charge in [-0.3, -0.25) is 0 Å². The molecule has 1 saturated carbocycles. The molecule has 0 aliphatic heterocycles. The molecular formula is C23H30F2N6O. The average Bonchev–Trinajstić information content (AvgIpc) is 2.77. The van der Waals surface area contributed by atoms with E-state index in [1.807, 2.05) is 14.1 Å². The van der Waals surface area contributed by atoms with Crippen LogP contribution < -0.4 is 20.9 Å². The van der Waals surface area contributed by atoms with Crippen molar-refractivity contribution in [2.24, 2.45) is 0 Å². The van der Waals surface area contributed by atoms with Gasteiger partial charge in [0.1, 0.15) is 23.1 Å². The number of hydrogen-bond acceptors (Lipinski definition) is 5. The average molecular weight is 445 g/mol. The molecule has 1 aromatic carbocycles. The maximum absolute atomic E-state index is 13.7. The Morgan fingerprint density at radius 2 is 1.66 bits per heavy atom. The van der Waals surface area contributed by atoms with Gasteiger partial charge in [-0.2, -0.15) is 4.98 Å². The highest BCUT2D eigenvalue weighted by Gasteiger charge is 2.25. The second kappa shape index (κ2) is 9.67. The summed E-state index contributed by atoms with van der Waals surface area (Å²) < 4.78 is 27.5. The summed E-state index contributed by atoms with van der Waals surface area (Å²) in [6.45, 7) is 0. The molecule has 172 valence electrons. The van der Waals surface area contributed by atoms with Crippen LogP contribution in [0.3, 0.4) is 0 Å². The molecule has 0 radical (unpaired) electrons. The zero-order valence-electron chi connectivity index (χ0n) is 18.5. The second-order valence-corrected chi connectivity index (χ2v) is 8.79. The summed E-state index contributed by atoms with van der Waals surface area (Å²) in [4.78, 5) is 23.8. The Balaban J connectivity index is 1.31. The molecule has 2 aliphatic carbocycles. The monoisotopic (exact) mass is 444 g/mol. The number of urea groups is 1. The first-order valence-corrected chi connectivity index (χ1v) is 11.3. The van der Waals surface area contributed by atoms with Gasteiger partial charge in [0, 0.05) is 31.7 Å². The molecule has 2 aliphatic rings. The zero-order valence-corrected chi connectivity index (χ0v) is 18.5. The SMILES string of the molecule is CN(C)c1nc(NC2CCC(NC(=O)Nc3c(F)cccc3F)CC2)nc2c1CCCC2. The van der Waals surface area contributed by atoms with E-state index in [1.54, 1.807) is 0 Å². The standard InChI is InChI=1S/C23H30F2N6O/c1-31(2)21-16-6-3-4-9-19(16)28-22(30-21)26-14-10-12-15(13-11-14)27-23(32)29-20-17(24)7-5-8-18(20)25/h5,7-8,14-15H,3-4,6,9-13H2,1-2H3,(H,26,28,30)(H2,27,29,32). The summed E-state index contributed by atoms with van der Waals surface area (Å²) in [6, 6.07) is 3.05. The Bertz CT molecular complexity index is 955. The van der Waals surface area contributed by atoms with E-state index in [9.17, 15) is 13.6 Å². The molecule has 2 aromatic rings. The number of aryl methyl sites for hydroxylation is 1. The van der Waals surface area contributed by atoms with Crippen molar-refractivity contribution in [1.82, 2.24) is 15.3 Å². The number of nitrogens with one attached hydrogen (secondary N) is 3. The lowest BCUT2D eigenvalue weighted by Gasteiger charge is -2.30. The lowest BCUT2D eigenvalue weighted by atomic mass is 9.91. The van der Waals surface area contributed by atoms with Gasteiger partial charge in [-0.1, -0.05) is 6.07 Å². The summed E-state index contributed by atoms with van der Waals surface area (Å²) in [7, 11) is 4.02. The summed E-state index contributed by atoms with van der Waals surface area (Å²) >= 11 is 0. The van der Waals surface area contributed by atoms with Crippen LogP contribution in [0.5, 0.6) is 0 Å². The lowest BCUT2D eigenvalue weighted by Crippen LogP contribution is -2.42. The molecule has 0 atom stereocenters. The molecule has 32 heavy (non-hydrogen) atoms. The van der Waals surface area contributed by atoms with Crippen LogP contribution in [0, 0.1) is 11.6 Å². The van der Waals surface area contributed by atoms with E-state index in [2.05, 4.69) is 20.9 Å². The molecule has 2 amide bonds. The van der Waals surface area contributed by atoms with Crippen molar-refractivity contribution in [2.75, 3.05) is 29.6 Å². The third kappa shape index (κ3) is 5.08. The number of para-hydroxylation sites is 1. The Kier molecular flexibility index (Phi) is 6.72. The van der Waals surface area contributed by atoms with Crippen molar-refractivity contribution >= 4 is 23.5 Å². The molecule has 0 unspecified atom stereocenters. The highest BCUT2D eigenvalue weighted by molar-refractivity contribution is 5.89. The van der Waals surface area contributed by atoms with Gasteiger partial charge < -0.3 is 20.9 Å². The van der Waals surface area contributed by atoms with Crippen molar-refractivity contribution in [3.05, 3.63) is 41.1 Å². The summed E-state index contributed by atoms with van der Waals surface area (Å²) in [5, 5.41) is 8.58. The fourth-order valence-corrected chi connectivity index (χ4v) is 4.53. The van der Waals surface area contributed by atoms with Crippen molar-refractivity contribution in [1.29, 1.82) is 0 Å². The maximum Gasteiger partial charge on any atom is 0.319 e. The predicted octanol–water partition coefficient (Wildman–Crippen LogP) is 4.24. The lowest BCUT2D eigenvalue weighted by molar-refractivity contribution is 0.243. The van der Waals surface area contributed by atoms with E-state index >= 15 is 0 Å². The van der Waals surface area contributed by atoms with Crippen LogP contribution in [-0.4, -0.2) is 42.2 Å². The smallest absolute Gasteiger partial charge is 0.319 e. The van der Waals surface area contributed by atoms with Gasteiger partial charge in [0.15, 0.2) is 0 Å². The van der Waals surface area contributed by atoms with Crippen LogP contribution in [0.4, 0.5) is 31.0 Å². The van der Waals surface area contributed by atoms with Crippen LogP contribution in [0.2, 0.25) is 0 Å². The number of halogens is 2. The van der Waals surface area contributed by atoms with Gasteiger partial charge in [0.2, 0.25) is 5.95 Å². The molecule has 0 spiro atoms.